The van der Waals surface area contributed by atoms with Crippen molar-refractivity contribution in [3.8, 4) is 11.5 Å². The zero-order valence-electron chi connectivity index (χ0n) is 11.9. The fraction of sp³-hybridized carbons (Fsp3) is 0.312. The molecule has 0 aliphatic carbocycles. The van der Waals surface area contributed by atoms with Gasteiger partial charge < -0.3 is 19.2 Å². The lowest BCUT2D eigenvalue weighted by atomic mass is 10.1. The maximum Gasteiger partial charge on any atom is 0.224 e. The SMILES string of the molecule is O=C(Cc1cc(Cl)c2c(c1)OCCCO2)NCc1ccco1. The molecule has 6 heteroatoms. The monoisotopic (exact) mass is 321 g/mol. The van der Waals surface area contributed by atoms with Gasteiger partial charge in [-0.25, -0.2) is 0 Å². The summed E-state index contributed by atoms with van der Waals surface area (Å²) in [6.07, 6.45) is 2.60. The molecule has 5 nitrogen and oxygen atoms in total. The molecular weight excluding hydrogens is 306 g/mol. The number of fused-ring (bicyclic) bond motifs is 1. The van der Waals surface area contributed by atoms with Gasteiger partial charge in [-0.05, 0) is 29.8 Å². The van der Waals surface area contributed by atoms with Crippen LogP contribution in [0, 0.1) is 0 Å². The molecule has 22 heavy (non-hydrogen) atoms. The van der Waals surface area contributed by atoms with E-state index in [1.54, 1.807) is 24.5 Å². The van der Waals surface area contributed by atoms with Crippen molar-refractivity contribution in [2.45, 2.75) is 19.4 Å². The molecule has 1 amide bonds. The van der Waals surface area contributed by atoms with Gasteiger partial charge in [0.25, 0.3) is 0 Å². The van der Waals surface area contributed by atoms with Crippen molar-refractivity contribution >= 4 is 17.5 Å². The summed E-state index contributed by atoms with van der Waals surface area (Å²) in [6, 6.07) is 7.14. The first-order chi connectivity index (χ1) is 10.7. The lowest BCUT2D eigenvalue weighted by Gasteiger charge is -2.11. The largest absolute Gasteiger partial charge is 0.489 e. The minimum Gasteiger partial charge on any atom is -0.489 e. The van der Waals surface area contributed by atoms with Crippen LogP contribution in [-0.4, -0.2) is 19.1 Å². The Morgan fingerprint density at radius 1 is 1.27 bits per heavy atom. The molecule has 3 rings (SSSR count). The summed E-state index contributed by atoms with van der Waals surface area (Å²) in [6.45, 7) is 1.53. The van der Waals surface area contributed by atoms with Gasteiger partial charge >= 0.3 is 0 Å². The fourth-order valence-electron chi connectivity index (χ4n) is 2.23. The van der Waals surface area contributed by atoms with Crippen LogP contribution in [0.2, 0.25) is 5.02 Å². The third-order valence-electron chi connectivity index (χ3n) is 3.27. The zero-order valence-corrected chi connectivity index (χ0v) is 12.7. The van der Waals surface area contributed by atoms with Crippen LogP contribution in [0.15, 0.2) is 34.9 Å². The maximum absolute atomic E-state index is 12.0. The minimum absolute atomic E-state index is 0.109. The van der Waals surface area contributed by atoms with Crippen LogP contribution in [0.4, 0.5) is 0 Å². The van der Waals surface area contributed by atoms with Crippen LogP contribution < -0.4 is 14.8 Å². The Balaban J connectivity index is 1.65. The van der Waals surface area contributed by atoms with E-state index in [-0.39, 0.29) is 12.3 Å². The number of halogens is 1. The third-order valence-corrected chi connectivity index (χ3v) is 3.55. The second-order valence-electron chi connectivity index (χ2n) is 4.99. The van der Waals surface area contributed by atoms with Crippen LogP contribution in [0.3, 0.4) is 0 Å². The Labute approximate surface area is 133 Å². The molecule has 0 bridgehead atoms. The van der Waals surface area contributed by atoms with Crippen LogP contribution in [0.1, 0.15) is 17.7 Å². The molecule has 1 aliphatic heterocycles. The summed E-state index contributed by atoms with van der Waals surface area (Å²) in [5, 5.41) is 3.26. The highest BCUT2D eigenvalue weighted by Crippen LogP contribution is 2.38. The van der Waals surface area contributed by atoms with Gasteiger partial charge in [0.2, 0.25) is 5.91 Å². The fourth-order valence-corrected chi connectivity index (χ4v) is 2.52. The third kappa shape index (κ3) is 3.54. The van der Waals surface area contributed by atoms with Gasteiger partial charge in [-0.15, -0.1) is 0 Å². The number of ether oxygens (including phenoxy) is 2. The van der Waals surface area contributed by atoms with Crippen LogP contribution in [0.5, 0.6) is 11.5 Å². The van der Waals surface area contributed by atoms with Gasteiger partial charge in [-0.1, -0.05) is 11.6 Å². The van der Waals surface area contributed by atoms with Gasteiger partial charge in [-0.2, -0.15) is 0 Å². The molecule has 0 saturated carbocycles. The predicted molar refractivity (Wildman–Crippen MR) is 81.3 cm³/mol. The summed E-state index contributed by atoms with van der Waals surface area (Å²) >= 11 is 6.21. The summed E-state index contributed by atoms with van der Waals surface area (Å²) in [5.74, 6) is 1.75. The van der Waals surface area contributed by atoms with Crippen LogP contribution >= 0.6 is 11.6 Å². The lowest BCUT2D eigenvalue weighted by molar-refractivity contribution is -0.120. The molecule has 1 N–H and O–H groups in total. The van der Waals surface area contributed by atoms with Crippen molar-refractivity contribution in [1.82, 2.24) is 5.32 Å². The van der Waals surface area contributed by atoms with E-state index < -0.39 is 0 Å². The Morgan fingerprint density at radius 2 is 2.14 bits per heavy atom. The van der Waals surface area contributed by atoms with Crippen LogP contribution in [0.25, 0.3) is 0 Å². The first-order valence-corrected chi connectivity index (χ1v) is 7.47. The molecule has 0 atom stereocenters. The van der Waals surface area contributed by atoms with Crippen molar-refractivity contribution < 1.29 is 18.7 Å². The Morgan fingerprint density at radius 3 is 2.95 bits per heavy atom. The lowest BCUT2D eigenvalue weighted by Crippen LogP contribution is -2.24. The van der Waals surface area contributed by atoms with Crippen LogP contribution in [-0.2, 0) is 17.8 Å². The van der Waals surface area contributed by atoms with E-state index in [1.165, 1.54) is 0 Å². The number of nitrogens with one attached hydrogen (secondary N) is 1. The van der Waals surface area contributed by atoms with Gasteiger partial charge in [-0.3, -0.25) is 4.79 Å². The topological polar surface area (TPSA) is 60.7 Å². The number of hydrogen-bond donors (Lipinski definition) is 1. The summed E-state index contributed by atoms with van der Waals surface area (Å²) < 4.78 is 16.3. The maximum atomic E-state index is 12.0. The number of carbonyl (C=O) groups excluding carboxylic acids is 1. The molecular formula is C16H16ClNO4. The van der Waals surface area contributed by atoms with E-state index in [1.807, 2.05) is 6.07 Å². The van der Waals surface area contributed by atoms with Crippen molar-refractivity contribution in [3.05, 3.63) is 46.9 Å². The average molecular weight is 322 g/mol. The Kier molecular flexibility index (Phi) is 4.53. The predicted octanol–water partition coefficient (Wildman–Crippen LogP) is 2.95. The van der Waals surface area contributed by atoms with E-state index >= 15 is 0 Å². The average Bonchev–Trinajstić information content (AvgIpc) is 2.89. The Bertz CT molecular complexity index is 654. The van der Waals surface area contributed by atoms with E-state index in [0.29, 0.717) is 42.0 Å². The molecule has 0 unspecified atom stereocenters. The minimum atomic E-state index is -0.109. The van der Waals surface area contributed by atoms with Gasteiger partial charge in [0.15, 0.2) is 11.5 Å². The normalized spacial score (nSPS) is 13.5. The smallest absolute Gasteiger partial charge is 0.224 e. The summed E-state index contributed by atoms with van der Waals surface area (Å²) in [7, 11) is 0. The highest BCUT2D eigenvalue weighted by atomic mass is 35.5. The number of amides is 1. The first kappa shape index (κ1) is 14.8. The molecule has 0 fully saturated rings. The van der Waals surface area contributed by atoms with Gasteiger partial charge in [0.1, 0.15) is 5.76 Å². The molecule has 0 radical (unpaired) electrons. The highest BCUT2D eigenvalue weighted by molar-refractivity contribution is 6.32. The molecule has 0 spiro atoms. The molecule has 1 aromatic heterocycles. The standard InChI is InChI=1S/C16H16ClNO4/c17-13-7-11(8-14-16(13)22-6-2-5-21-14)9-15(19)18-10-12-3-1-4-20-12/h1,3-4,7-8H,2,5-6,9-10H2,(H,18,19). The van der Waals surface area contributed by atoms with Gasteiger partial charge in [0.05, 0.1) is 37.5 Å². The summed E-state index contributed by atoms with van der Waals surface area (Å²) in [5.41, 5.74) is 0.784. The zero-order chi connectivity index (χ0) is 15.4. The number of furan rings is 1. The molecule has 0 saturated heterocycles. The van der Waals surface area contributed by atoms with Crippen molar-refractivity contribution in [1.29, 1.82) is 0 Å². The van der Waals surface area contributed by atoms with E-state index in [4.69, 9.17) is 25.5 Å². The van der Waals surface area contributed by atoms with Gasteiger partial charge in [0, 0.05) is 6.42 Å². The highest BCUT2D eigenvalue weighted by Gasteiger charge is 2.16. The molecule has 1 aliphatic rings. The molecule has 2 aromatic rings. The Hall–Kier alpha value is -2.14. The molecule has 2 heterocycles. The quantitative estimate of drug-likeness (QED) is 0.940. The molecule has 116 valence electrons. The number of rotatable bonds is 4. The second-order valence-corrected chi connectivity index (χ2v) is 5.40. The van der Waals surface area contributed by atoms with Crippen molar-refractivity contribution in [2.75, 3.05) is 13.2 Å². The summed E-state index contributed by atoms with van der Waals surface area (Å²) in [4.78, 5) is 12.0. The van der Waals surface area contributed by atoms with Crippen molar-refractivity contribution in [2.24, 2.45) is 0 Å². The van der Waals surface area contributed by atoms with E-state index in [0.717, 1.165) is 12.0 Å². The van der Waals surface area contributed by atoms with E-state index in [2.05, 4.69) is 5.32 Å². The van der Waals surface area contributed by atoms with E-state index in [9.17, 15) is 4.79 Å². The number of hydrogen-bond acceptors (Lipinski definition) is 4. The second kappa shape index (κ2) is 6.75. The first-order valence-electron chi connectivity index (χ1n) is 7.09. The number of carbonyl (C=O) groups is 1. The molecule has 1 aromatic carbocycles. The van der Waals surface area contributed by atoms with Crippen molar-refractivity contribution in [3.63, 3.8) is 0 Å². The number of benzene rings is 1.